The van der Waals surface area contributed by atoms with E-state index in [-0.39, 0.29) is 25.1 Å². The number of phenolic OH excluding ortho intramolecular Hbond substituents is 1. The fourth-order valence-corrected chi connectivity index (χ4v) is 6.06. The van der Waals surface area contributed by atoms with E-state index in [2.05, 4.69) is 16.0 Å². The van der Waals surface area contributed by atoms with E-state index in [1.54, 1.807) is 47.2 Å². The van der Waals surface area contributed by atoms with Crippen molar-refractivity contribution in [1.29, 1.82) is 0 Å². The van der Waals surface area contributed by atoms with Crippen molar-refractivity contribution in [1.82, 2.24) is 16.0 Å². The first-order valence-corrected chi connectivity index (χ1v) is 15.9. The maximum atomic E-state index is 13.3. The highest BCUT2D eigenvalue weighted by atomic mass is 33.1. The minimum atomic E-state index is -5.08. The van der Waals surface area contributed by atoms with Crippen LogP contribution in [-0.2, 0) is 43.4 Å². The molecule has 45 heavy (non-hydrogen) atoms. The number of phenols is 1. The Balaban J connectivity index is 0.000000900. The third-order valence-corrected chi connectivity index (χ3v) is 8.69. The van der Waals surface area contributed by atoms with Gasteiger partial charge in [0.1, 0.15) is 17.8 Å². The Morgan fingerprint density at radius 3 is 2.07 bits per heavy atom. The minimum Gasteiger partial charge on any atom is -0.508 e. The molecule has 3 amide bonds. The first-order chi connectivity index (χ1) is 21.2. The topological polar surface area (TPSA) is 208 Å². The molecule has 1 aliphatic rings. The number of benzene rings is 2. The number of aliphatic carboxylic acids is 2. The van der Waals surface area contributed by atoms with Crippen molar-refractivity contribution < 1.29 is 52.5 Å². The summed E-state index contributed by atoms with van der Waals surface area (Å²) >= 11 is 0. The molecule has 1 heterocycles. The summed E-state index contributed by atoms with van der Waals surface area (Å²) in [7, 11) is 3.09. The summed E-state index contributed by atoms with van der Waals surface area (Å²) < 4.78 is 31.7. The summed E-state index contributed by atoms with van der Waals surface area (Å²) in [6.45, 7) is 0.110. The molecule has 1 fully saturated rings. The molecule has 1 aliphatic heterocycles. The molecule has 8 N–H and O–H groups in total. The highest BCUT2D eigenvalue weighted by Crippen LogP contribution is 2.24. The summed E-state index contributed by atoms with van der Waals surface area (Å²) in [6, 6.07) is 10.6. The van der Waals surface area contributed by atoms with Crippen LogP contribution in [0.15, 0.2) is 48.5 Å². The Morgan fingerprint density at radius 2 is 1.49 bits per heavy atom. The number of alkyl halides is 3. The smallest absolute Gasteiger partial charge is 0.490 e. The minimum absolute atomic E-state index is 0.0795. The highest BCUT2D eigenvalue weighted by molar-refractivity contribution is 8.76. The van der Waals surface area contributed by atoms with Crippen molar-refractivity contribution in [3.05, 3.63) is 65.2 Å². The average Bonchev–Trinajstić information content (AvgIpc) is 2.98. The summed E-state index contributed by atoms with van der Waals surface area (Å²) in [4.78, 5) is 59.3. The van der Waals surface area contributed by atoms with E-state index in [1.807, 2.05) is 0 Å². The SMILES string of the molecule is N[C@H]1CCSSCC[C@@H](C(=O)NCc2ccccc2CC(=O)O)NC(=O)[C@H](Cc2ccc(O)cc2)NC1=O.O=C(O)C(F)(F)F. The molecule has 0 aliphatic carbocycles. The maximum absolute atomic E-state index is 13.3. The van der Waals surface area contributed by atoms with Crippen LogP contribution in [0.5, 0.6) is 5.75 Å². The summed E-state index contributed by atoms with van der Waals surface area (Å²) in [6.07, 6.45) is -4.31. The molecule has 2 aromatic rings. The van der Waals surface area contributed by atoms with Crippen LogP contribution in [0.1, 0.15) is 29.5 Å². The number of carboxylic acids is 2. The number of carbonyl (C=O) groups excluding carboxylic acids is 3. The maximum Gasteiger partial charge on any atom is 0.490 e. The molecule has 246 valence electrons. The molecule has 0 aromatic heterocycles. The Morgan fingerprint density at radius 1 is 0.911 bits per heavy atom. The molecular formula is C28H33F3N4O8S2. The Labute approximate surface area is 264 Å². The number of carbonyl (C=O) groups is 5. The van der Waals surface area contributed by atoms with E-state index < -0.39 is 54.0 Å². The third kappa shape index (κ3) is 13.7. The molecule has 2 aromatic carbocycles. The highest BCUT2D eigenvalue weighted by Gasteiger charge is 2.38. The number of rotatable bonds is 7. The lowest BCUT2D eigenvalue weighted by Gasteiger charge is -2.24. The number of nitrogens with one attached hydrogen (secondary N) is 3. The van der Waals surface area contributed by atoms with E-state index in [1.165, 1.54) is 22.9 Å². The number of halogens is 3. The Hall–Kier alpha value is -3.96. The monoisotopic (exact) mass is 674 g/mol. The van der Waals surface area contributed by atoms with Gasteiger partial charge in [0.2, 0.25) is 17.7 Å². The lowest BCUT2D eigenvalue weighted by atomic mass is 10.0. The number of carboxylic acid groups (broad SMARTS) is 2. The van der Waals surface area contributed by atoms with Gasteiger partial charge >= 0.3 is 18.1 Å². The van der Waals surface area contributed by atoms with Gasteiger partial charge in [-0.15, -0.1) is 0 Å². The molecule has 0 radical (unpaired) electrons. The van der Waals surface area contributed by atoms with Crippen LogP contribution in [0.3, 0.4) is 0 Å². The van der Waals surface area contributed by atoms with Crippen LogP contribution in [0, 0.1) is 0 Å². The zero-order valence-electron chi connectivity index (χ0n) is 23.7. The quantitative estimate of drug-likeness (QED) is 0.211. The molecule has 3 atom stereocenters. The number of nitrogens with two attached hydrogens (primary N) is 1. The van der Waals surface area contributed by atoms with E-state index in [9.17, 15) is 37.5 Å². The lowest BCUT2D eigenvalue weighted by molar-refractivity contribution is -0.192. The van der Waals surface area contributed by atoms with E-state index in [0.29, 0.717) is 41.0 Å². The number of hydrogen-bond donors (Lipinski definition) is 7. The summed E-state index contributed by atoms with van der Waals surface area (Å²) in [5.41, 5.74) is 8.02. The van der Waals surface area contributed by atoms with Gasteiger partial charge in [0.25, 0.3) is 0 Å². The second kappa shape index (κ2) is 18.1. The Kier molecular flexibility index (Phi) is 15.0. The number of aromatic hydroxyl groups is 1. The normalized spacial score (nSPS) is 19.6. The predicted octanol–water partition coefficient (Wildman–Crippen LogP) is 1.98. The molecule has 3 rings (SSSR count). The van der Waals surface area contributed by atoms with Gasteiger partial charge in [-0.25, -0.2) is 4.79 Å². The van der Waals surface area contributed by atoms with Crippen molar-refractivity contribution in [2.75, 3.05) is 11.5 Å². The molecule has 0 spiro atoms. The second-order valence-electron chi connectivity index (χ2n) is 9.68. The van der Waals surface area contributed by atoms with Gasteiger partial charge in [-0.1, -0.05) is 58.0 Å². The van der Waals surface area contributed by atoms with Crippen LogP contribution < -0.4 is 21.7 Å². The molecule has 0 saturated carbocycles. The fraction of sp³-hybridized carbons (Fsp3) is 0.393. The summed E-state index contributed by atoms with van der Waals surface area (Å²) in [5, 5.41) is 34.2. The first kappa shape index (κ1) is 37.2. The first-order valence-electron chi connectivity index (χ1n) is 13.4. The van der Waals surface area contributed by atoms with Crippen LogP contribution >= 0.6 is 21.6 Å². The van der Waals surface area contributed by atoms with Crippen LogP contribution in [0.2, 0.25) is 0 Å². The van der Waals surface area contributed by atoms with Crippen molar-refractivity contribution in [2.45, 2.75) is 56.5 Å². The van der Waals surface area contributed by atoms with Gasteiger partial charge in [0.15, 0.2) is 0 Å². The zero-order valence-corrected chi connectivity index (χ0v) is 25.3. The van der Waals surface area contributed by atoms with Gasteiger partial charge in [0.05, 0.1) is 12.5 Å². The predicted molar refractivity (Wildman–Crippen MR) is 161 cm³/mol. The Bertz CT molecular complexity index is 1330. The van der Waals surface area contributed by atoms with E-state index in [4.69, 9.17) is 20.7 Å². The van der Waals surface area contributed by atoms with Crippen molar-refractivity contribution in [2.24, 2.45) is 5.73 Å². The molecular weight excluding hydrogens is 641 g/mol. The fourth-order valence-electron chi connectivity index (χ4n) is 3.86. The van der Waals surface area contributed by atoms with Gasteiger partial charge in [-0.3, -0.25) is 19.2 Å². The van der Waals surface area contributed by atoms with E-state index >= 15 is 0 Å². The van der Waals surface area contributed by atoms with Crippen molar-refractivity contribution in [3.8, 4) is 5.75 Å². The average molecular weight is 675 g/mol. The lowest BCUT2D eigenvalue weighted by Crippen LogP contribution is -2.56. The molecule has 0 unspecified atom stereocenters. The molecule has 12 nitrogen and oxygen atoms in total. The standard InChI is InChI=1S/C26H32N4O6S2.C2HF3O2/c27-20-9-11-37-38-12-10-21(25(35)28-15-18-4-2-1-3-17(18)14-23(32)33)29-26(36)22(30-24(20)34)13-16-5-7-19(31)8-6-16;3-2(4,5)1(6)7/h1-8,20-22,31H,9-15,27H2,(H,28,35)(H,29,36)(H,30,34)(H,32,33);(H,6,7)/t20-,21-,22-;/m0./s1. The van der Waals surface area contributed by atoms with Crippen LogP contribution in [0.25, 0.3) is 0 Å². The molecule has 0 bridgehead atoms. The third-order valence-electron chi connectivity index (χ3n) is 6.22. The van der Waals surface area contributed by atoms with E-state index in [0.717, 1.165) is 0 Å². The summed E-state index contributed by atoms with van der Waals surface area (Å²) in [5.74, 6) is -3.81. The van der Waals surface area contributed by atoms with Crippen molar-refractivity contribution >= 4 is 51.2 Å². The van der Waals surface area contributed by atoms with Gasteiger partial charge in [-0.2, -0.15) is 13.2 Å². The number of amides is 3. The number of hydrogen-bond acceptors (Lipinski definition) is 9. The van der Waals surface area contributed by atoms with Gasteiger partial charge in [0, 0.05) is 24.5 Å². The van der Waals surface area contributed by atoms with Crippen LogP contribution in [0.4, 0.5) is 13.2 Å². The largest absolute Gasteiger partial charge is 0.508 e. The second-order valence-corrected chi connectivity index (χ2v) is 12.4. The molecule has 1 saturated heterocycles. The van der Waals surface area contributed by atoms with Crippen LogP contribution in [-0.4, -0.2) is 80.8 Å². The van der Waals surface area contributed by atoms with Crippen molar-refractivity contribution in [3.63, 3.8) is 0 Å². The van der Waals surface area contributed by atoms with Gasteiger partial charge < -0.3 is 37.0 Å². The zero-order chi connectivity index (χ0) is 33.6. The molecule has 17 heteroatoms. The van der Waals surface area contributed by atoms with Gasteiger partial charge in [-0.05, 0) is 41.7 Å².